The predicted octanol–water partition coefficient (Wildman–Crippen LogP) is 0.676. The van der Waals surface area contributed by atoms with Gasteiger partial charge in [0.25, 0.3) is 0 Å². The molecule has 1 aromatic rings. The topological polar surface area (TPSA) is 46.6 Å². The Hall–Kier alpha value is -1.20. The van der Waals surface area contributed by atoms with Gasteiger partial charge in [0.15, 0.2) is 0 Å². The van der Waals surface area contributed by atoms with Crippen molar-refractivity contribution in [1.29, 1.82) is 0 Å². The van der Waals surface area contributed by atoms with E-state index < -0.39 is 11.9 Å². The first-order valence-electron chi connectivity index (χ1n) is 4.72. The van der Waals surface area contributed by atoms with E-state index in [1.54, 1.807) is 11.3 Å². The Bertz CT molecular complexity index is 345. The first-order chi connectivity index (χ1) is 7.24. The maximum absolute atomic E-state index is 11.0. The molecule has 15 heavy (non-hydrogen) atoms. The zero-order chi connectivity index (χ0) is 10.7. The molecule has 2 heterocycles. The zero-order valence-corrected chi connectivity index (χ0v) is 8.96. The van der Waals surface area contributed by atoms with Gasteiger partial charge in [-0.05, 0) is 17.9 Å². The van der Waals surface area contributed by atoms with Crippen LogP contribution in [-0.4, -0.2) is 36.5 Å². The first kappa shape index (κ1) is 10.3. The Kier molecular flexibility index (Phi) is 3.13. The van der Waals surface area contributed by atoms with Gasteiger partial charge in [-0.2, -0.15) is 0 Å². The van der Waals surface area contributed by atoms with Crippen LogP contribution in [0.2, 0.25) is 0 Å². The van der Waals surface area contributed by atoms with Crippen molar-refractivity contribution in [1.82, 2.24) is 4.90 Å². The SMILES string of the molecule is O=C1CN(CCc2cccs2)CC(=O)O1. The molecule has 0 bridgehead atoms. The van der Waals surface area contributed by atoms with Crippen LogP contribution in [0.5, 0.6) is 0 Å². The van der Waals surface area contributed by atoms with E-state index in [1.165, 1.54) is 4.88 Å². The Balaban J connectivity index is 1.84. The van der Waals surface area contributed by atoms with Crippen molar-refractivity contribution in [3.05, 3.63) is 22.4 Å². The third-order valence-corrected chi connectivity index (χ3v) is 3.12. The molecule has 1 aliphatic rings. The van der Waals surface area contributed by atoms with Crippen molar-refractivity contribution in [2.75, 3.05) is 19.6 Å². The third-order valence-electron chi connectivity index (χ3n) is 2.19. The molecule has 1 fully saturated rings. The minimum Gasteiger partial charge on any atom is -0.391 e. The second-order valence-corrected chi connectivity index (χ2v) is 4.42. The standard InChI is InChI=1S/C10H11NO3S/c12-9-6-11(7-10(13)14-9)4-3-8-2-1-5-15-8/h1-2,5H,3-4,6-7H2. The van der Waals surface area contributed by atoms with Gasteiger partial charge in [-0.25, -0.2) is 0 Å². The van der Waals surface area contributed by atoms with Crippen molar-refractivity contribution < 1.29 is 14.3 Å². The van der Waals surface area contributed by atoms with Crippen LogP contribution < -0.4 is 0 Å². The summed E-state index contributed by atoms with van der Waals surface area (Å²) in [6.07, 6.45) is 0.873. The van der Waals surface area contributed by atoms with Crippen molar-refractivity contribution in [3.63, 3.8) is 0 Å². The maximum atomic E-state index is 11.0. The van der Waals surface area contributed by atoms with Gasteiger partial charge in [0.2, 0.25) is 0 Å². The van der Waals surface area contributed by atoms with E-state index >= 15 is 0 Å². The van der Waals surface area contributed by atoms with E-state index in [4.69, 9.17) is 0 Å². The van der Waals surface area contributed by atoms with E-state index in [9.17, 15) is 9.59 Å². The van der Waals surface area contributed by atoms with Gasteiger partial charge >= 0.3 is 11.9 Å². The average molecular weight is 225 g/mol. The molecule has 1 aliphatic heterocycles. The van der Waals surface area contributed by atoms with Gasteiger partial charge in [-0.1, -0.05) is 6.07 Å². The molecule has 5 heteroatoms. The van der Waals surface area contributed by atoms with Gasteiger partial charge in [-0.3, -0.25) is 14.5 Å². The quantitative estimate of drug-likeness (QED) is 0.560. The molecule has 0 atom stereocenters. The van der Waals surface area contributed by atoms with Crippen LogP contribution in [0.15, 0.2) is 17.5 Å². The number of rotatable bonds is 3. The number of hydrogen-bond acceptors (Lipinski definition) is 5. The molecule has 0 N–H and O–H groups in total. The number of carbonyl (C=O) groups excluding carboxylic acids is 2. The highest BCUT2D eigenvalue weighted by molar-refractivity contribution is 7.09. The zero-order valence-electron chi connectivity index (χ0n) is 8.14. The fourth-order valence-electron chi connectivity index (χ4n) is 1.49. The van der Waals surface area contributed by atoms with Crippen LogP contribution in [0.25, 0.3) is 0 Å². The molecule has 80 valence electrons. The normalized spacial score (nSPS) is 17.9. The summed E-state index contributed by atoms with van der Waals surface area (Å²) in [7, 11) is 0. The molecule has 0 radical (unpaired) electrons. The number of morpholine rings is 1. The van der Waals surface area contributed by atoms with Crippen LogP contribution in [0.1, 0.15) is 4.88 Å². The summed E-state index contributed by atoms with van der Waals surface area (Å²) in [4.78, 5) is 25.0. The molecule has 0 aromatic carbocycles. The highest BCUT2D eigenvalue weighted by Gasteiger charge is 2.24. The summed E-state index contributed by atoms with van der Waals surface area (Å²) in [6, 6.07) is 4.05. The number of nitrogens with zero attached hydrogens (tertiary/aromatic N) is 1. The number of carbonyl (C=O) groups is 2. The smallest absolute Gasteiger partial charge is 0.327 e. The van der Waals surface area contributed by atoms with E-state index in [1.807, 2.05) is 16.3 Å². The van der Waals surface area contributed by atoms with Crippen molar-refractivity contribution in [2.24, 2.45) is 0 Å². The van der Waals surface area contributed by atoms with Crippen molar-refractivity contribution >= 4 is 23.3 Å². The van der Waals surface area contributed by atoms with Crippen LogP contribution >= 0.6 is 11.3 Å². The fraction of sp³-hybridized carbons (Fsp3) is 0.400. The Labute approximate surface area is 91.5 Å². The summed E-state index contributed by atoms with van der Waals surface area (Å²) in [5, 5.41) is 2.02. The second kappa shape index (κ2) is 4.55. The third kappa shape index (κ3) is 2.87. The minimum absolute atomic E-state index is 0.219. The van der Waals surface area contributed by atoms with Crippen LogP contribution in [0.3, 0.4) is 0 Å². The Morgan fingerprint density at radius 2 is 2.07 bits per heavy atom. The molecule has 1 saturated heterocycles. The summed E-state index contributed by atoms with van der Waals surface area (Å²) in [5.74, 6) is -0.894. The molecule has 0 saturated carbocycles. The van der Waals surface area contributed by atoms with Gasteiger partial charge in [-0.15, -0.1) is 11.3 Å². The lowest BCUT2D eigenvalue weighted by Gasteiger charge is -2.23. The fourth-order valence-corrected chi connectivity index (χ4v) is 2.19. The van der Waals surface area contributed by atoms with E-state index in [-0.39, 0.29) is 13.1 Å². The average Bonchev–Trinajstić information content (AvgIpc) is 2.65. The highest BCUT2D eigenvalue weighted by Crippen LogP contribution is 2.10. The van der Waals surface area contributed by atoms with Gasteiger partial charge in [0.1, 0.15) is 0 Å². The lowest BCUT2D eigenvalue weighted by atomic mass is 10.3. The highest BCUT2D eigenvalue weighted by atomic mass is 32.1. The van der Waals surface area contributed by atoms with E-state index in [0.29, 0.717) is 0 Å². The Morgan fingerprint density at radius 3 is 2.67 bits per heavy atom. The summed E-state index contributed by atoms with van der Waals surface area (Å²) < 4.78 is 4.44. The molecule has 2 rings (SSSR count). The van der Waals surface area contributed by atoms with Gasteiger partial charge in [0.05, 0.1) is 13.1 Å². The van der Waals surface area contributed by atoms with Crippen LogP contribution in [0.4, 0.5) is 0 Å². The minimum atomic E-state index is -0.447. The summed E-state index contributed by atoms with van der Waals surface area (Å²) >= 11 is 1.69. The molecule has 0 spiro atoms. The lowest BCUT2D eigenvalue weighted by molar-refractivity contribution is -0.166. The molecular weight excluding hydrogens is 214 g/mol. The molecule has 1 aromatic heterocycles. The summed E-state index contributed by atoms with van der Waals surface area (Å²) in [6.45, 7) is 1.16. The van der Waals surface area contributed by atoms with Gasteiger partial charge < -0.3 is 4.74 Å². The van der Waals surface area contributed by atoms with Gasteiger partial charge in [0, 0.05) is 11.4 Å². The molecule has 4 nitrogen and oxygen atoms in total. The maximum Gasteiger partial charge on any atom is 0.327 e. The molecular formula is C10H11NO3S. The Morgan fingerprint density at radius 1 is 1.33 bits per heavy atom. The van der Waals surface area contributed by atoms with Crippen molar-refractivity contribution in [2.45, 2.75) is 6.42 Å². The van der Waals surface area contributed by atoms with Crippen LogP contribution in [-0.2, 0) is 20.7 Å². The van der Waals surface area contributed by atoms with E-state index in [0.717, 1.165) is 13.0 Å². The number of ether oxygens (including phenoxy) is 1. The van der Waals surface area contributed by atoms with E-state index in [2.05, 4.69) is 10.8 Å². The number of thiophene rings is 1. The van der Waals surface area contributed by atoms with Crippen molar-refractivity contribution in [3.8, 4) is 0 Å². The monoisotopic (exact) mass is 225 g/mol. The number of esters is 2. The number of cyclic esters (lactones) is 2. The largest absolute Gasteiger partial charge is 0.391 e. The molecule has 0 amide bonds. The lowest BCUT2D eigenvalue weighted by Crippen LogP contribution is -2.43. The van der Waals surface area contributed by atoms with Crippen LogP contribution in [0, 0.1) is 0 Å². The predicted molar refractivity (Wildman–Crippen MR) is 55.6 cm³/mol. The molecule has 0 unspecified atom stereocenters. The summed E-state index contributed by atoms with van der Waals surface area (Å²) in [5.41, 5.74) is 0. The first-order valence-corrected chi connectivity index (χ1v) is 5.60. The second-order valence-electron chi connectivity index (χ2n) is 3.39. The molecule has 0 aliphatic carbocycles. The number of hydrogen-bond donors (Lipinski definition) is 0.